The van der Waals surface area contributed by atoms with E-state index in [2.05, 4.69) is 15.0 Å². The Balaban J connectivity index is 2.30. The van der Waals surface area contributed by atoms with E-state index in [0.29, 0.717) is 11.6 Å². The van der Waals surface area contributed by atoms with Crippen LogP contribution in [0.4, 0.5) is 5.82 Å². The van der Waals surface area contributed by atoms with Gasteiger partial charge in [-0.25, -0.2) is 4.98 Å². The lowest BCUT2D eigenvalue weighted by Crippen LogP contribution is -2.34. The Kier molecular flexibility index (Phi) is 3.73. The molecule has 1 atom stereocenters. The summed E-state index contributed by atoms with van der Waals surface area (Å²) in [4.78, 5) is 6.46. The van der Waals surface area contributed by atoms with E-state index in [1.807, 2.05) is 24.9 Å². The molecule has 0 bridgehead atoms. The Morgan fingerprint density at radius 1 is 1.71 bits per heavy atom. The number of thioether (sulfide) groups is 1. The SMILES string of the molecule is CN(c1ncccc1/C(N)=N/O)C1CCSC1. The molecule has 0 radical (unpaired) electrons. The molecule has 6 heteroatoms. The van der Waals surface area contributed by atoms with Crippen LogP contribution in [0.15, 0.2) is 23.5 Å². The quantitative estimate of drug-likeness (QED) is 0.365. The Morgan fingerprint density at radius 3 is 3.18 bits per heavy atom. The van der Waals surface area contributed by atoms with Gasteiger partial charge >= 0.3 is 0 Å². The molecule has 1 aliphatic heterocycles. The molecule has 17 heavy (non-hydrogen) atoms. The zero-order chi connectivity index (χ0) is 12.3. The standard InChI is InChI=1S/C11H16N4OS/c1-15(8-4-6-17-7-8)11-9(10(12)14-16)3-2-5-13-11/h2-3,5,8,16H,4,6-7H2,1H3,(H2,12,14). The third-order valence-corrected chi connectivity index (χ3v) is 4.10. The molecule has 2 rings (SSSR count). The molecule has 1 aromatic rings. The van der Waals surface area contributed by atoms with Crippen LogP contribution in [0.5, 0.6) is 0 Å². The van der Waals surface area contributed by atoms with E-state index >= 15 is 0 Å². The largest absolute Gasteiger partial charge is 0.409 e. The van der Waals surface area contributed by atoms with Crippen LogP contribution in [0.25, 0.3) is 0 Å². The summed E-state index contributed by atoms with van der Waals surface area (Å²) < 4.78 is 0. The van der Waals surface area contributed by atoms with Gasteiger partial charge in [0.25, 0.3) is 0 Å². The van der Waals surface area contributed by atoms with Crippen molar-refractivity contribution < 1.29 is 5.21 Å². The van der Waals surface area contributed by atoms with Crippen LogP contribution in [0.2, 0.25) is 0 Å². The lowest BCUT2D eigenvalue weighted by Gasteiger charge is -2.26. The summed E-state index contributed by atoms with van der Waals surface area (Å²) in [7, 11) is 2.01. The Morgan fingerprint density at radius 2 is 2.53 bits per heavy atom. The van der Waals surface area contributed by atoms with Crippen molar-refractivity contribution in [1.82, 2.24) is 4.98 Å². The Hall–Kier alpha value is -1.43. The normalized spacial score (nSPS) is 20.5. The van der Waals surface area contributed by atoms with Crippen molar-refractivity contribution in [1.29, 1.82) is 0 Å². The van der Waals surface area contributed by atoms with E-state index in [0.717, 1.165) is 18.0 Å². The molecular weight excluding hydrogens is 236 g/mol. The number of rotatable bonds is 3. The number of hydrogen-bond acceptors (Lipinski definition) is 5. The highest BCUT2D eigenvalue weighted by Gasteiger charge is 2.23. The summed E-state index contributed by atoms with van der Waals surface area (Å²) in [5, 5.41) is 11.8. The fourth-order valence-electron chi connectivity index (χ4n) is 1.93. The highest BCUT2D eigenvalue weighted by molar-refractivity contribution is 7.99. The number of nitrogens with two attached hydrogens (primary N) is 1. The predicted octanol–water partition coefficient (Wildman–Crippen LogP) is 1.12. The molecule has 5 nitrogen and oxygen atoms in total. The molecule has 0 amide bonds. The van der Waals surface area contributed by atoms with Crippen molar-refractivity contribution >= 4 is 23.4 Å². The lowest BCUT2D eigenvalue weighted by molar-refractivity contribution is 0.318. The minimum atomic E-state index is 0.102. The van der Waals surface area contributed by atoms with Gasteiger partial charge in [-0.15, -0.1) is 0 Å². The van der Waals surface area contributed by atoms with Crippen LogP contribution < -0.4 is 10.6 Å². The first-order valence-corrected chi connectivity index (χ1v) is 6.63. The number of hydrogen-bond donors (Lipinski definition) is 2. The number of aromatic nitrogens is 1. The minimum Gasteiger partial charge on any atom is -0.409 e. The number of anilines is 1. The summed E-state index contributed by atoms with van der Waals surface area (Å²) >= 11 is 1.94. The van der Waals surface area contributed by atoms with Crippen LogP contribution in [-0.4, -0.2) is 40.6 Å². The molecular formula is C11H16N4OS. The monoisotopic (exact) mass is 252 g/mol. The molecule has 0 aliphatic carbocycles. The van der Waals surface area contributed by atoms with Gasteiger partial charge in [-0.05, 0) is 24.3 Å². The van der Waals surface area contributed by atoms with E-state index in [9.17, 15) is 0 Å². The van der Waals surface area contributed by atoms with Crippen molar-refractivity contribution in [3.05, 3.63) is 23.9 Å². The summed E-state index contributed by atoms with van der Waals surface area (Å²) in [6.07, 6.45) is 2.87. The van der Waals surface area contributed by atoms with E-state index in [1.165, 1.54) is 5.75 Å². The first-order chi connectivity index (χ1) is 8.24. The molecule has 2 heterocycles. The second-order valence-electron chi connectivity index (χ2n) is 3.99. The second-order valence-corrected chi connectivity index (χ2v) is 5.14. The van der Waals surface area contributed by atoms with Crippen LogP contribution in [0.1, 0.15) is 12.0 Å². The summed E-state index contributed by atoms with van der Waals surface area (Å²) in [6.45, 7) is 0. The van der Waals surface area contributed by atoms with Gasteiger partial charge in [0.15, 0.2) is 5.84 Å². The molecule has 0 saturated carbocycles. The lowest BCUT2D eigenvalue weighted by atomic mass is 10.2. The van der Waals surface area contributed by atoms with E-state index in [4.69, 9.17) is 10.9 Å². The average molecular weight is 252 g/mol. The zero-order valence-corrected chi connectivity index (χ0v) is 10.5. The molecule has 1 saturated heterocycles. The first-order valence-electron chi connectivity index (χ1n) is 5.47. The van der Waals surface area contributed by atoms with Crippen molar-refractivity contribution in [3.8, 4) is 0 Å². The molecule has 1 aliphatic rings. The van der Waals surface area contributed by atoms with Gasteiger partial charge in [0, 0.05) is 25.0 Å². The zero-order valence-electron chi connectivity index (χ0n) is 9.71. The van der Waals surface area contributed by atoms with Gasteiger partial charge in [-0.3, -0.25) is 0 Å². The maximum Gasteiger partial charge on any atom is 0.173 e. The smallest absolute Gasteiger partial charge is 0.173 e. The minimum absolute atomic E-state index is 0.102. The van der Waals surface area contributed by atoms with Gasteiger partial charge in [0.05, 0.1) is 5.56 Å². The molecule has 3 N–H and O–H groups in total. The average Bonchev–Trinajstić information content (AvgIpc) is 2.91. The number of oxime groups is 1. The fraction of sp³-hybridized carbons (Fsp3) is 0.455. The van der Waals surface area contributed by atoms with Gasteiger partial charge < -0.3 is 15.8 Å². The van der Waals surface area contributed by atoms with Gasteiger partial charge in [0.1, 0.15) is 5.82 Å². The van der Waals surface area contributed by atoms with Gasteiger partial charge in [-0.2, -0.15) is 11.8 Å². The summed E-state index contributed by atoms with van der Waals surface area (Å²) in [6, 6.07) is 4.07. The summed E-state index contributed by atoms with van der Waals surface area (Å²) in [5.41, 5.74) is 6.34. The fourth-order valence-corrected chi connectivity index (χ4v) is 3.20. The van der Waals surface area contributed by atoms with E-state index in [1.54, 1.807) is 12.3 Å². The topological polar surface area (TPSA) is 74.7 Å². The highest BCUT2D eigenvalue weighted by Crippen LogP contribution is 2.26. The highest BCUT2D eigenvalue weighted by atomic mass is 32.2. The maximum absolute atomic E-state index is 8.77. The second kappa shape index (κ2) is 5.27. The Bertz CT molecular complexity index is 418. The van der Waals surface area contributed by atoms with E-state index in [-0.39, 0.29) is 5.84 Å². The van der Waals surface area contributed by atoms with Crippen molar-refractivity contribution in [3.63, 3.8) is 0 Å². The predicted molar refractivity (Wildman–Crippen MR) is 70.9 cm³/mol. The third-order valence-electron chi connectivity index (χ3n) is 2.96. The molecule has 1 aromatic heterocycles. The molecule has 0 aromatic carbocycles. The van der Waals surface area contributed by atoms with Crippen LogP contribution in [0.3, 0.4) is 0 Å². The maximum atomic E-state index is 8.77. The third kappa shape index (κ3) is 2.46. The number of amidine groups is 1. The summed E-state index contributed by atoms with van der Waals surface area (Å²) in [5.74, 6) is 3.16. The van der Waals surface area contributed by atoms with Crippen LogP contribution in [0, 0.1) is 0 Å². The van der Waals surface area contributed by atoms with Crippen LogP contribution >= 0.6 is 11.8 Å². The van der Waals surface area contributed by atoms with Crippen molar-refractivity contribution in [2.24, 2.45) is 10.9 Å². The number of pyridine rings is 1. The van der Waals surface area contributed by atoms with Crippen molar-refractivity contribution in [2.45, 2.75) is 12.5 Å². The molecule has 1 unspecified atom stereocenters. The first kappa shape index (κ1) is 12.0. The molecule has 1 fully saturated rings. The van der Waals surface area contributed by atoms with Crippen LogP contribution in [-0.2, 0) is 0 Å². The molecule has 0 spiro atoms. The number of nitrogens with zero attached hydrogens (tertiary/aromatic N) is 3. The van der Waals surface area contributed by atoms with Gasteiger partial charge in [-0.1, -0.05) is 5.16 Å². The Labute approximate surface area is 105 Å². The van der Waals surface area contributed by atoms with Gasteiger partial charge in [0.2, 0.25) is 0 Å². The van der Waals surface area contributed by atoms with Crippen molar-refractivity contribution in [2.75, 3.05) is 23.5 Å². The molecule has 92 valence electrons. The van der Waals surface area contributed by atoms with E-state index < -0.39 is 0 Å².